The average molecular weight is 1130 g/mol. The van der Waals surface area contributed by atoms with E-state index in [0.29, 0.717) is 0 Å². The van der Waals surface area contributed by atoms with Crippen LogP contribution in [0.25, 0.3) is 51.2 Å². The maximum Gasteiger partial charge on any atom is 0.168 e. The Bertz CT molecular complexity index is 3830. The molecule has 0 aliphatic rings. The Hall–Kier alpha value is -9.60. The molecule has 3 heterocycles. The Morgan fingerprint density at radius 3 is 0.686 bits per heavy atom. The molecule has 0 radical (unpaired) electrons. The SMILES string of the molecule is Cc1cc(C)c(-n2cnnc2-c2ccc(CCc3ccc(C(C)(c4ccc(CCc5ccc(-c6nncn6-c6c(C)cc(C)cc6C)cc5)cc4)c4ccc(CCc5ccc(-c6nncn6-c6c(C)cc(C)cc6C)cc5)cc4)cc3)cc2)c(C)c1. The molecule has 12 aromatic rings. The third-order valence-corrected chi connectivity index (χ3v) is 17.6. The van der Waals surface area contributed by atoms with Gasteiger partial charge in [0.2, 0.25) is 0 Å². The fourth-order valence-corrected chi connectivity index (χ4v) is 13.3. The molecule has 12 rings (SSSR count). The summed E-state index contributed by atoms with van der Waals surface area (Å²) in [7, 11) is 0. The minimum atomic E-state index is -0.403. The van der Waals surface area contributed by atoms with E-state index in [0.717, 1.165) is 89.8 Å². The van der Waals surface area contributed by atoms with Gasteiger partial charge in [-0.1, -0.05) is 199 Å². The number of aromatic nitrogens is 9. The molecule has 0 saturated carbocycles. The van der Waals surface area contributed by atoms with Gasteiger partial charge in [-0.3, -0.25) is 13.7 Å². The molecular weight excluding hydrogens is 1050 g/mol. The van der Waals surface area contributed by atoms with Crippen LogP contribution in [0.4, 0.5) is 0 Å². The molecule has 0 bridgehead atoms. The van der Waals surface area contributed by atoms with E-state index in [1.807, 2.05) is 19.0 Å². The summed E-state index contributed by atoms with van der Waals surface area (Å²) in [5, 5.41) is 26.7. The summed E-state index contributed by atoms with van der Waals surface area (Å²) in [5.74, 6) is 2.55. The monoisotopic (exact) mass is 1130 g/mol. The third kappa shape index (κ3) is 11.7. The standard InChI is InChI=1S/C77H75N9/c1-50-41-53(4)71(54(5)42-50)84-47-78-81-74(84)65-29-17-59(18-30-65)11-14-62-23-35-68(36-24-62)77(10,69-37-25-63(26-38-69)15-12-60-19-31-66(32-20-60)75-82-79-48-85(75)72-55(6)43-51(2)44-56(72)7)70-39-27-64(28-40-70)16-13-61-21-33-67(34-22-61)76-83-80-49-86(76)73-57(8)45-52(3)46-58(73)9/h17-49H,11-16H2,1-10H3. The van der Waals surface area contributed by atoms with E-state index in [2.05, 4.69) is 296 Å². The molecule has 0 fully saturated rings. The fraction of sp³-hybridized carbons (Fsp3) is 0.221. The summed E-state index contributed by atoms with van der Waals surface area (Å²) >= 11 is 0. The van der Waals surface area contributed by atoms with Crippen LogP contribution in [-0.2, 0) is 43.9 Å². The smallest absolute Gasteiger partial charge is 0.168 e. The van der Waals surface area contributed by atoms with E-state index in [1.54, 1.807) is 0 Å². The average Bonchev–Trinajstić information content (AvgIpc) is 2.13. The Kier molecular flexibility index (Phi) is 16.0. The van der Waals surface area contributed by atoms with Crippen molar-refractivity contribution in [3.05, 3.63) is 301 Å². The Labute approximate surface area is 507 Å². The molecule has 0 aliphatic heterocycles. The van der Waals surface area contributed by atoms with Gasteiger partial charge in [0.1, 0.15) is 19.0 Å². The van der Waals surface area contributed by atoms with E-state index in [-0.39, 0.29) is 0 Å². The molecule has 0 atom stereocenters. The first-order valence-electron chi connectivity index (χ1n) is 30.2. The molecular formula is C77H75N9. The van der Waals surface area contributed by atoms with Crippen LogP contribution >= 0.6 is 0 Å². The first-order chi connectivity index (χ1) is 41.7. The molecule has 3 aromatic heterocycles. The normalized spacial score (nSPS) is 11.7. The largest absolute Gasteiger partial charge is 0.281 e. The van der Waals surface area contributed by atoms with Crippen LogP contribution in [0.15, 0.2) is 201 Å². The molecule has 0 saturated heterocycles. The highest BCUT2D eigenvalue weighted by Crippen LogP contribution is 2.40. The van der Waals surface area contributed by atoms with Crippen molar-refractivity contribution in [3.63, 3.8) is 0 Å². The molecule has 9 heteroatoms. The lowest BCUT2D eigenvalue weighted by atomic mass is 9.70. The van der Waals surface area contributed by atoms with Gasteiger partial charge in [-0.15, -0.1) is 30.6 Å². The molecule has 9 aromatic carbocycles. The Morgan fingerprint density at radius 2 is 0.477 bits per heavy atom. The molecule has 86 heavy (non-hydrogen) atoms. The van der Waals surface area contributed by atoms with Gasteiger partial charge in [0.05, 0.1) is 17.1 Å². The fourth-order valence-electron chi connectivity index (χ4n) is 13.3. The van der Waals surface area contributed by atoms with Crippen molar-refractivity contribution in [1.29, 1.82) is 0 Å². The number of benzene rings is 9. The third-order valence-electron chi connectivity index (χ3n) is 17.6. The van der Waals surface area contributed by atoms with Gasteiger partial charge in [0, 0.05) is 22.1 Å². The van der Waals surface area contributed by atoms with Gasteiger partial charge in [0.25, 0.3) is 0 Å². The molecule has 0 spiro atoms. The lowest BCUT2D eigenvalue weighted by Crippen LogP contribution is -2.25. The van der Waals surface area contributed by atoms with Crippen LogP contribution in [-0.4, -0.2) is 44.3 Å². The van der Waals surface area contributed by atoms with Crippen LogP contribution in [0, 0.1) is 62.3 Å². The maximum absolute atomic E-state index is 4.56. The van der Waals surface area contributed by atoms with Crippen molar-refractivity contribution in [3.8, 4) is 51.2 Å². The highest BCUT2D eigenvalue weighted by molar-refractivity contribution is 5.65. The maximum atomic E-state index is 4.56. The van der Waals surface area contributed by atoms with Gasteiger partial charge >= 0.3 is 0 Å². The van der Waals surface area contributed by atoms with Crippen LogP contribution < -0.4 is 0 Å². The summed E-state index contributed by atoms with van der Waals surface area (Å²) in [6.07, 6.45) is 11.1. The van der Waals surface area contributed by atoms with E-state index in [1.165, 1.54) is 100 Å². The molecule has 0 unspecified atom stereocenters. The van der Waals surface area contributed by atoms with Gasteiger partial charge in [-0.05, 0) is 191 Å². The van der Waals surface area contributed by atoms with E-state index in [4.69, 9.17) is 0 Å². The topological polar surface area (TPSA) is 92.1 Å². The van der Waals surface area contributed by atoms with E-state index >= 15 is 0 Å². The number of aryl methyl sites for hydroxylation is 15. The first-order valence-corrected chi connectivity index (χ1v) is 30.2. The summed E-state index contributed by atoms with van der Waals surface area (Å²) in [6.45, 7) is 21.8. The summed E-state index contributed by atoms with van der Waals surface area (Å²) in [4.78, 5) is 0. The molecule has 0 aliphatic carbocycles. The summed E-state index contributed by atoms with van der Waals surface area (Å²) in [6, 6.07) is 68.0. The van der Waals surface area contributed by atoms with Crippen LogP contribution in [0.5, 0.6) is 0 Å². The second-order valence-electron chi connectivity index (χ2n) is 24.1. The summed E-state index contributed by atoms with van der Waals surface area (Å²) < 4.78 is 6.36. The van der Waals surface area contributed by atoms with Crippen molar-refractivity contribution in [2.45, 2.75) is 113 Å². The lowest BCUT2D eigenvalue weighted by molar-refractivity contribution is 0.690. The van der Waals surface area contributed by atoms with Gasteiger partial charge in [-0.2, -0.15) is 0 Å². The van der Waals surface area contributed by atoms with Crippen molar-refractivity contribution >= 4 is 0 Å². The zero-order valence-corrected chi connectivity index (χ0v) is 51.3. The Balaban J connectivity index is 0.753. The van der Waals surface area contributed by atoms with Gasteiger partial charge in [0.15, 0.2) is 17.5 Å². The quantitative estimate of drug-likeness (QED) is 0.0795. The lowest BCUT2D eigenvalue weighted by Gasteiger charge is -2.32. The van der Waals surface area contributed by atoms with Crippen LogP contribution in [0.3, 0.4) is 0 Å². The molecule has 0 N–H and O–H groups in total. The van der Waals surface area contributed by atoms with E-state index < -0.39 is 5.41 Å². The number of rotatable bonds is 18. The zero-order valence-electron chi connectivity index (χ0n) is 51.3. The predicted octanol–water partition coefficient (Wildman–Crippen LogP) is 16.9. The minimum Gasteiger partial charge on any atom is -0.281 e. The van der Waals surface area contributed by atoms with Crippen LogP contribution in [0.2, 0.25) is 0 Å². The second-order valence-corrected chi connectivity index (χ2v) is 24.1. The number of nitrogens with zero attached hydrogens (tertiary/aromatic N) is 9. The highest BCUT2D eigenvalue weighted by atomic mass is 15.3. The molecule has 0 amide bonds. The highest BCUT2D eigenvalue weighted by Gasteiger charge is 2.31. The molecule has 428 valence electrons. The van der Waals surface area contributed by atoms with Crippen molar-refractivity contribution in [1.82, 2.24) is 44.3 Å². The van der Waals surface area contributed by atoms with Crippen molar-refractivity contribution in [2.24, 2.45) is 0 Å². The van der Waals surface area contributed by atoms with Crippen molar-refractivity contribution < 1.29 is 0 Å². The van der Waals surface area contributed by atoms with Gasteiger partial charge in [-0.25, -0.2) is 0 Å². The minimum absolute atomic E-state index is 0.403. The summed E-state index contributed by atoms with van der Waals surface area (Å²) in [5.41, 5.74) is 28.8. The zero-order chi connectivity index (χ0) is 59.6. The number of hydrogen-bond donors (Lipinski definition) is 0. The van der Waals surface area contributed by atoms with Gasteiger partial charge < -0.3 is 0 Å². The van der Waals surface area contributed by atoms with Crippen molar-refractivity contribution in [2.75, 3.05) is 0 Å². The van der Waals surface area contributed by atoms with Crippen LogP contribution in [0.1, 0.15) is 107 Å². The Morgan fingerprint density at radius 1 is 0.279 bits per heavy atom. The second kappa shape index (κ2) is 24.2. The molecule has 9 nitrogen and oxygen atoms in total. The van der Waals surface area contributed by atoms with E-state index in [9.17, 15) is 0 Å². The predicted molar refractivity (Wildman–Crippen MR) is 350 cm³/mol. The first kappa shape index (κ1) is 56.9. The number of hydrogen-bond acceptors (Lipinski definition) is 6.